The molecule has 358 valence electrons. The molecule has 0 aliphatic carbocycles. The Hall–Kier alpha value is -3.38. The van der Waals surface area contributed by atoms with Crippen LogP contribution < -0.4 is 54.1 Å². The van der Waals surface area contributed by atoms with E-state index in [1.165, 1.54) is 61.7 Å². The van der Waals surface area contributed by atoms with Crippen molar-refractivity contribution in [3.05, 3.63) is 150 Å². The average molecular weight is 1110 g/mol. The third-order valence-corrected chi connectivity index (χ3v) is 18.3. The summed E-state index contributed by atoms with van der Waals surface area (Å²) in [4.78, 5) is 30.6. The molecular weight excluding hydrogens is 1050 g/mol. The monoisotopic (exact) mass is 1110 g/mol. The average Bonchev–Trinajstić information content (AvgIpc) is 4.21. The first-order valence-electron chi connectivity index (χ1n) is 23.4. The second-order valence-electron chi connectivity index (χ2n) is 18.4. The number of aliphatic hydroxyl groups is 1. The highest BCUT2D eigenvalue weighted by atomic mass is 79.9. The fourth-order valence-electron chi connectivity index (χ4n) is 10.9. The molecule has 3 N–H and O–H groups in total. The van der Waals surface area contributed by atoms with Gasteiger partial charge in [0, 0.05) is 48.3 Å². The fourth-order valence-corrected chi connectivity index (χ4v) is 14.4. The number of benzene rings is 2. The molecule has 2 atom stereocenters. The minimum absolute atomic E-state index is 0. The van der Waals surface area contributed by atoms with Crippen LogP contribution in [0.25, 0.3) is 0 Å². The van der Waals surface area contributed by atoms with E-state index in [1.807, 2.05) is 108 Å². The molecule has 0 spiro atoms. The lowest BCUT2D eigenvalue weighted by Gasteiger charge is -2.53. The normalized spacial score (nSPS) is 23.8. The SMILES string of the molecule is O=C(N[C@@H]1C[N+]2(CCCOc3ccccc3)CCC1CC2)C(O)(c1cccs1)c1cccs1.O=C(N[C@H]1C[N+]2(CCCOc3ccccc3)CCC1CC2)C(c1cccs1)c1cccs1.[Br-].[Br-]. The van der Waals surface area contributed by atoms with Crippen molar-refractivity contribution in [2.45, 2.75) is 62.1 Å². The summed E-state index contributed by atoms with van der Waals surface area (Å²) in [5, 5.41) is 26.4. The first-order valence-corrected chi connectivity index (χ1v) is 26.9. The van der Waals surface area contributed by atoms with Crippen LogP contribution >= 0.6 is 45.3 Å². The van der Waals surface area contributed by atoms with Crippen molar-refractivity contribution in [3.8, 4) is 11.5 Å². The Morgan fingerprint density at radius 2 is 1.00 bits per heavy atom. The summed E-state index contributed by atoms with van der Waals surface area (Å²) in [6, 6.07) is 36.2. The van der Waals surface area contributed by atoms with Gasteiger partial charge in [0.15, 0.2) is 0 Å². The van der Waals surface area contributed by atoms with Crippen LogP contribution in [-0.2, 0) is 15.2 Å². The van der Waals surface area contributed by atoms with Gasteiger partial charge >= 0.3 is 0 Å². The third-order valence-electron chi connectivity index (χ3n) is 14.4. The molecule has 4 aromatic heterocycles. The van der Waals surface area contributed by atoms with Crippen molar-refractivity contribution in [1.82, 2.24) is 10.6 Å². The van der Waals surface area contributed by atoms with Crippen LogP contribution in [-0.4, -0.2) is 104 Å². The van der Waals surface area contributed by atoms with Crippen LogP contribution in [0.3, 0.4) is 0 Å². The van der Waals surface area contributed by atoms with Gasteiger partial charge in [-0.15, -0.1) is 45.3 Å². The second kappa shape index (κ2) is 24.0. The number of piperidine rings is 6. The number of hydrogen-bond acceptors (Lipinski definition) is 9. The number of amides is 2. The van der Waals surface area contributed by atoms with Gasteiger partial charge in [0.25, 0.3) is 5.91 Å². The van der Waals surface area contributed by atoms with E-state index in [2.05, 4.69) is 33.5 Å². The first-order chi connectivity index (χ1) is 31.8. The number of nitrogens with zero attached hydrogens (tertiary/aromatic N) is 2. The zero-order valence-electron chi connectivity index (χ0n) is 37.8. The van der Waals surface area contributed by atoms with Crippen LogP contribution in [0.15, 0.2) is 131 Å². The van der Waals surface area contributed by atoms with Gasteiger partial charge in [-0.25, -0.2) is 0 Å². The first kappa shape index (κ1) is 51.5. The number of nitrogens with one attached hydrogen (secondary N) is 2. The van der Waals surface area contributed by atoms with E-state index in [0.29, 0.717) is 28.2 Å². The van der Waals surface area contributed by atoms with E-state index >= 15 is 0 Å². The Morgan fingerprint density at radius 1 is 0.582 bits per heavy atom. The Labute approximate surface area is 432 Å². The lowest BCUT2D eigenvalue weighted by Crippen LogP contribution is -3.00. The van der Waals surface area contributed by atoms with Crippen molar-refractivity contribution in [2.24, 2.45) is 11.8 Å². The minimum Gasteiger partial charge on any atom is -1.00 e. The maximum Gasteiger partial charge on any atom is 0.263 e. The van der Waals surface area contributed by atoms with Gasteiger partial charge in [-0.05, 0) is 81.9 Å². The molecule has 0 radical (unpaired) electrons. The Balaban J connectivity index is 0.000000193. The maximum atomic E-state index is 13.6. The molecule has 10 heterocycles. The molecule has 6 fully saturated rings. The Bertz CT molecular complexity index is 2290. The molecule has 12 rings (SSSR count). The molecule has 2 amide bonds. The maximum absolute atomic E-state index is 13.6. The molecule has 6 aliphatic rings. The molecule has 0 saturated carbocycles. The summed E-state index contributed by atoms with van der Waals surface area (Å²) in [5.74, 6) is 2.66. The lowest BCUT2D eigenvalue weighted by molar-refractivity contribution is -0.944. The summed E-state index contributed by atoms with van der Waals surface area (Å²) in [6.45, 7) is 10.5. The van der Waals surface area contributed by atoms with Gasteiger partial charge in [-0.2, -0.15) is 0 Å². The summed E-state index contributed by atoms with van der Waals surface area (Å²) in [5.41, 5.74) is -1.62. The number of rotatable bonds is 18. The van der Waals surface area contributed by atoms with E-state index in [0.717, 1.165) is 88.7 Å². The molecule has 6 aliphatic heterocycles. The third kappa shape index (κ3) is 12.3. The van der Waals surface area contributed by atoms with Gasteiger partial charge in [-0.1, -0.05) is 60.7 Å². The quantitative estimate of drug-likeness (QED) is 0.0908. The molecule has 2 aromatic carbocycles. The fraction of sp³-hybridized carbons (Fsp3) is 0.423. The smallest absolute Gasteiger partial charge is 0.263 e. The van der Waals surface area contributed by atoms with Gasteiger partial charge < -0.3 is 68.1 Å². The summed E-state index contributed by atoms with van der Waals surface area (Å²) in [6.07, 6.45) is 6.73. The highest BCUT2D eigenvalue weighted by Crippen LogP contribution is 2.40. The standard InChI is InChI=1S/C26H30N2O3S2.C26H30N2O2S2.2BrH/c29-25(26(30,23-9-4-17-32-23)24-10-5-18-33-24)27-22-19-28(14-11-20(22)12-15-28)13-6-16-31-21-7-2-1-3-8-21;29-26(25(23-9-4-17-31-23)24-10-5-18-32-24)27-22-19-28(14-11-20(22)12-15-28)13-6-16-30-21-7-2-1-3-8-21;;/h1-5,7-10,17-18,20,22,30H,6,11-16,19H2;1-5,7-10,17-18,20,22,25H,6,11-16,19H2;2*1H/t2*20?,22-,28?;;/m10../s1. The predicted octanol–water partition coefficient (Wildman–Crippen LogP) is 3.38. The van der Waals surface area contributed by atoms with Crippen molar-refractivity contribution >= 4 is 57.2 Å². The van der Waals surface area contributed by atoms with Crippen molar-refractivity contribution in [2.75, 3.05) is 65.6 Å². The molecule has 6 saturated heterocycles. The number of carbonyl (C=O) groups excluding carboxylic acids is 2. The van der Waals surface area contributed by atoms with E-state index < -0.39 is 5.60 Å². The van der Waals surface area contributed by atoms with Gasteiger partial charge in [0.05, 0.1) is 87.4 Å². The largest absolute Gasteiger partial charge is 1.00 e. The Kier molecular flexibility index (Phi) is 18.4. The number of hydrogen-bond donors (Lipinski definition) is 3. The number of carbonyl (C=O) groups is 2. The Morgan fingerprint density at radius 3 is 1.40 bits per heavy atom. The minimum atomic E-state index is -1.62. The van der Waals surface area contributed by atoms with E-state index in [-0.39, 0.29) is 63.8 Å². The number of halogens is 2. The van der Waals surface area contributed by atoms with Gasteiger partial charge in [0.1, 0.15) is 17.4 Å². The topological polar surface area (TPSA) is 96.9 Å². The highest BCUT2D eigenvalue weighted by Gasteiger charge is 2.50. The number of quaternary nitrogens is 2. The summed E-state index contributed by atoms with van der Waals surface area (Å²) < 4.78 is 14.0. The van der Waals surface area contributed by atoms with Crippen molar-refractivity contribution in [1.29, 1.82) is 0 Å². The van der Waals surface area contributed by atoms with Crippen LogP contribution in [0.5, 0.6) is 11.5 Å². The summed E-state index contributed by atoms with van der Waals surface area (Å²) >= 11 is 6.19. The van der Waals surface area contributed by atoms with E-state index in [1.54, 1.807) is 22.7 Å². The molecule has 0 unspecified atom stereocenters. The van der Waals surface area contributed by atoms with Gasteiger partial charge in [0.2, 0.25) is 11.5 Å². The van der Waals surface area contributed by atoms with E-state index in [4.69, 9.17) is 9.47 Å². The number of para-hydroxylation sites is 2. The van der Waals surface area contributed by atoms with Crippen LogP contribution in [0, 0.1) is 11.8 Å². The number of thiophene rings is 4. The zero-order valence-corrected chi connectivity index (χ0v) is 44.2. The lowest BCUT2D eigenvalue weighted by atomic mass is 9.81. The molecule has 15 heteroatoms. The van der Waals surface area contributed by atoms with Crippen molar-refractivity contribution in [3.63, 3.8) is 0 Å². The van der Waals surface area contributed by atoms with Crippen LogP contribution in [0.2, 0.25) is 0 Å². The van der Waals surface area contributed by atoms with E-state index in [9.17, 15) is 14.7 Å². The van der Waals surface area contributed by atoms with Crippen molar-refractivity contribution < 1.29 is 67.1 Å². The van der Waals surface area contributed by atoms with Crippen LogP contribution in [0.4, 0.5) is 0 Å². The molecule has 67 heavy (non-hydrogen) atoms. The molecule has 4 bridgehead atoms. The molecule has 6 aromatic rings. The summed E-state index contributed by atoms with van der Waals surface area (Å²) in [7, 11) is 0. The van der Waals surface area contributed by atoms with Crippen LogP contribution in [0.1, 0.15) is 64.0 Å². The van der Waals surface area contributed by atoms with Gasteiger partial charge in [-0.3, -0.25) is 9.59 Å². The molecule has 9 nitrogen and oxygen atoms in total. The molecular formula is C52H62Br2N4O5S4. The predicted molar refractivity (Wildman–Crippen MR) is 264 cm³/mol. The second-order valence-corrected chi connectivity index (χ2v) is 22.3. The zero-order chi connectivity index (χ0) is 44.5. The number of ether oxygens (including phenoxy) is 2. The highest BCUT2D eigenvalue weighted by molar-refractivity contribution is 7.12. The number of fused-ring (bicyclic) bond motifs is 6.